The fraction of sp³-hybridized carbons (Fsp3) is 0.647. The summed E-state index contributed by atoms with van der Waals surface area (Å²) < 4.78 is 5.71. The van der Waals surface area contributed by atoms with Gasteiger partial charge in [0, 0.05) is 11.0 Å². The summed E-state index contributed by atoms with van der Waals surface area (Å²) in [4.78, 5) is 0. The molecule has 1 rings (SSSR count). The third-order valence-corrected chi connectivity index (χ3v) is 3.74. The molecule has 0 fully saturated rings. The molecule has 0 bridgehead atoms. The lowest BCUT2D eigenvalue weighted by Gasteiger charge is -2.31. The molecule has 0 atom stereocenters. The summed E-state index contributed by atoms with van der Waals surface area (Å²) >= 11 is 0. The zero-order valence-electron chi connectivity index (χ0n) is 13.4. The maximum absolute atomic E-state index is 9.75. The van der Waals surface area contributed by atoms with Crippen molar-refractivity contribution in [3.8, 4) is 5.75 Å². The molecule has 0 unspecified atom stereocenters. The van der Waals surface area contributed by atoms with E-state index in [9.17, 15) is 5.11 Å². The molecule has 1 N–H and O–H groups in total. The molecule has 0 saturated carbocycles. The minimum atomic E-state index is -0.296. The van der Waals surface area contributed by atoms with Crippen molar-refractivity contribution in [1.29, 1.82) is 0 Å². The number of methoxy groups -OCH3 is 1. The van der Waals surface area contributed by atoms with Crippen molar-refractivity contribution in [3.63, 3.8) is 0 Å². The van der Waals surface area contributed by atoms with Gasteiger partial charge in [-0.2, -0.15) is 0 Å². The summed E-state index contributed by atoms with van der Waals surface area (Å²) in [5.74, 6) is 1.76. The van der Waals surface area contributed by atoms with Crippen LogP contribution >= 0.6 is 0 Å². The third kappa shape index (κ3) is 3.11. The molecule has 0 amide bonds. The van der Waals surface area contributed by atoms with Crippen LogP contribution < -0.4 is 4.74 Å². The Morgan fingerprint density at radius 3 is 1.89 bits per heavy atom. The Hall–Kier alpha value is -1.02. The second kappa shape index (κ2) is 5.96. The minimum Gasteiger partial charge on any atom is -0.496 e. The summed E-state index contributed by atoms with van der Waals surface area (Å²) in [5.41, 5.74) is 3.33. The second-order valence-corrected chi connectivity index (χ2v) is 6.50. The van der Waals surface area contributed by atoms with Gasteiger partial charge in [0.2, 0.25) is 0 Å². The van der Waals surface area contributed by atoms with Gasteiger partial charge in [-0.1, -0.05) is 53.7 Å². The minimum absolute atomic E-state index is 0.116. The Morgan fingerprint density at radius 2 is 1.53 bits per heavy atom. The molecule has 0 saturated heterocycles. The quantitative estimate of drug-likeness (QED) is 0.863. The highest BCUT2D eigenvalue weighted by molar-refractivity contribution is 5.52. The molecule has 0 aliphatic carbocycles. The number of aliphatic hydroxyl groups excluding tert-OH is 1. The normalized spacial score (nSPS) is 12.3. The molecule has 2 heteroatoms. The summed E-state index contributed by atoms with van der Waals surface area (Å²) in [5, 5.41) is 9.75. The van der Waals surface area contributed by atoms with E-state index in [0.717, 1.165) is 11.3 Å². The number of benzene rings is 1. The summed E-state index contributed by atoms with van der Waals surface area (Å²) in [6, 6.07) is 4.35. The first-order valence-electron chi connectivity index (χ1n) is 7.08. The van der Waals surface area contributed by atoms with E-state index in [0.29, 0.717) is 11.8 Å². The van der Waals surface area contributed by atoms with Crippen LogP contribution in [0.25, 0.3) is 0 Å². The zero-order valence-corrected chi connectivity index (χ0v) is 13.4. The first-order chi connectivity index (χ1) is 8.76. The van der Waals surface area contributed by atoms with E-state index < -0.39 is 0 Å². The van der Waals surface area contributed by atoms with Crippen LogP contribution in [0.2, 0.25) is 0 Å². The monoisotopic (exact) mass is 264 g/mol. The van der Waals surface area contributed by atoms with Gasteiger partial charge in [-0.25, -0.2) is 0 Å². The third-order valence-electron chi connectivity index (χ3n) is 3.74. The summed E-state index contributed by atoms with van der Waals surface area (Å²) in [6.45, 7) is 13.0. The molecular weight excluding hydrogens is 236 g/mol. The molecule has 19 heavy (non-hydrogen) atoms. The van der Waals surface area contributed by atoms with E-state index in [1.807, 2.05) is 0 Å². The number of rotatable bonds is 5. The van der Waals surface area contributed by atoms with E-state index in [1.165, 1.54) is 11.1 Å². The number of hydrogen-bond acceptors (Lipinski definition) is 2. The molecule has 0 radical (unpaired) electrons. The van der Waals surface area contributed by atoms with Gasteiger partial charge in [0.05, 0.1) is 13.7 Å². The molecule has 0 heterocycles. The Bertz CT molecular complexity index is 431. The van der Waals surface area contributed by atoms with Crippen molar-refractivity contribution in [2.75, 3.05) is 13.7 Å². The van der Waals surface area contributed by atoms with E-state index in [2.05, 4.69) is 53.7 Å². The summed E-state index contributed by atoms with van der Waals surface area (Å²) in [7, 11) is 1.72. The van der Waals surface area contributed by atoms with Crippen molar-refractivity contribution < 1.29 is 9.84 Å². The Balaban J connectivity index is 3.64. The highest BCUT2D eigenvalue weighted by Gasteiger charge is 2.29. The SMILES string of the molecule is COc1c(C(C)C)ccc(C(C)C)c1C(C)(C)CO. The lowest BCUT2D eigenvalue weighted by molar-refractivity contribution is 0.213. The largest absolute Gasteiger partial charge is 0.496 e. The predicted molar refractivity (Wildman–Crippen MR) is 81.3 cm³/mol. The van der Waals surface area contributed by atoms with Crippen molar-refractivity contribution in [2.45, 2.75) is 58.8 Å². The van der Waals surface area contributed by atoms with E-state index in [4.69, 9.17) is 4.74 Å². The van der Waals surface area contributed by atoms with Crippen LogP contribution in [0, 0.1) is 0 Å². The lowest BCUT2D eigenvalue weighted by atomic mass is 9.77. The number of aliphatic hydroxyl groups is 1. The predicted octanol–water partition coefficient (Wildman–Crippen LogP) is 4.21. The molecule has 108 valence electrons. The second-order valence-electron chi connectivity index (χ2n) is 6.50. The Labute approximate surface area is 117 Å². The van der Waals surface area contributed by atoms with E-state index in [-0.39, 0.29) is 12.0 Å². The average Bonchev–Trinajstić information content (AvgIpc) is 2.36. The maximum atomic E-state index is 9.75. The topological polar surface area (TPSA) is 29.5 Å². The van der Waals surface area contributed by atoms with Crippen molar-refractivity contribution in [3.05, 3.63) is 28.8 Å². The highest BCUT2D eigenvalue weighted by Crippen LogP contribution is 2.41. The highest BCUT2D eigenvalue weighted by atomic mass is 16.5. The molecule has 0 aromatic heterocycles. The van der Waals surface area contributed by atoms with Crippen LogP contribution in [-0.4, -0.2) is 18.8 Å². The van der Waals surface area contributed by atoms with E-state index in [1.54, 1.807) is 7.11 Å². The van der Waals surface area contributed by atoms with Crippen molar-refractivity contribution >= 4 is 0 Å². The molecular formula is C17H28O2. The molecule has 2 nitrogen and oxygen atoms in total. The van der Waals surface area contributed by atoms with Gasteiger partial charge in [0.15, 0.2) is 0 Å². The van der Waals surface area contributed by atoms with Crippen LogP contribution in [0.5, 0.6) is 5.75 Å². The molecule has 1 aromatic rings. The fourth-order valence-electron chi connectivity index (χ4n) is 2.55. The molecule has 1 aromatic carbocycles. The van der Waals surface area contributed by atoms with Gasteiger partial charge < -0.3 is 9.84 Å². The van der Waals surface area contributed by atoms with Crippen LogP contribution in [0.4, 0.5) is 0 Å². The van der Waals surface area contributed by atoms with Crippen LogP contribution in [0.3, 0.4) is 0 Å². The Kier molecular flexibility index (Phi) is 5.03. The van der Waals surface area contributed by atoms with Crippen LogP contribution in [0.1, 0.15) is 70.1 Å². The van der Waals surface area contributed by atoms with E-state index >= 15 is 0 Å². The summed E-state index contributed by atoms with van der Waals surface area (Å²) in [6.07, 6.45) is 0. The van der Waals surface area contributed by atoms with Gasteiger partial charge >= 0.3 is 0 Å². The van der Waals surface area contributed by atoms with Crippen LogP contribution in [-0.2, 0) is 5.41 Å². The zero-order chi connectivity index (χ0) is 14.8. The first-order valence-corrected chi connectivity index (χ1v) is 7.08. The van der Waals surface area contributed by atoms with Gasteiger partial charge in [-0.15, -0.1) is 0 Å². The standard InChI is InChI=1S/C17H28O2/c1-11(2)13-8-9-14(12(3)4)16(19-7)15(13)17(5,6)10-18/h8-9,11-12,18H,10H2,1-7H3. The fourth-order valence-corrected chi connectivity index (χ4v) is 2.55. The number of ether oxygens (including phenoxy) is 1. The van der Waals surface area contributed by atoms with Gasteiger partial charge in [-0.05, 0) is 23.0 Å². The van der Waals surface area contributed by atoms with Gasteiger partial charge in [0.1, 0.15) is 5.75 Å². The Morgan fingerprint density at radius 1 is 1.05 bits per heavy atom. The van der Waals surface area contributed by atoms with Gasteiger partial charge in [0.25, 0.3) is 0 Å². The van der Waals surface area contributed by atoms with Crippen molar-refractivity contribution in [2.24, 2.45) is 0 Å². The molecule has 0 aliphatic rings. The average molecular weight is 264 g/mol. The first kappa shape index (κ1) is 16.0. The molecule has 0 spiro atoms. The maximum Gasteiger partial charge on any atom is 0.126 e. The van der Waals surface area contributed by atoms with Crippen molar-refractivity contribution in [1.82, 2.24) is 0 Å². The van der Waals surface area contributed by atoms with Gasteiger partial charge in [-0.3, -0.25) is 0 Å². The lowest BCUT2D eigenvalue weighted by Crippen LogP contribution is -2.26. The molecule has 0 aliphatic heterocycles. The smallest absolute Gasteiger partial charge is 0.126 e. The number of hydrogen-bond donors (Lipinski definition) is 1. The van der Waals surface area contributed by atoms with Crippen LogP contribution in [0.15, 0.2) is 12.1 Å².